The first-order chi connectivity index (χ1) is 11.0. The van der Waals surface area contributed by atoms with Crippen LogP contribution >= 0.6 is 0 Å². The Morgan fingerprint density at radius 3 is 2.00 bits per heavy atom. The van der Waals surface area contributed by atoms with Crippen LogP contribution < -0.4 is 10.6 Å². The summed E-state index contributed by atoms with van der Waals surface area (Å²) in [6.45, 7) is 6.08. The highest BCUT2D eigenvalue weighted by atomic mass is 32.2. The lowest BCUT2D eigenvalue weighted by atomic mass is 10.1. The maximum Gasteiger partial charge on any atom is 0.186 e. The molecule has 0 bridgehead atoms. The molecule has 0 fully saturated rings. The summed E-state index contributed by atoms with van der Waals surface area (Å²) in [6.07, 6.45) is 0. The topological polar surface area (TPSA) is 63.4 Å². The summed E-state index contributed by atoms with van der Waals surface area (Å²) < 4.78 is 25.6. The van der Waals surface area contributed by atoms with E-state index in [1.807, 2.05) is 24.3 Å². The molecule has 4 nitrogen and oxygen atoms in total. The van der Waals surface area contributed by atoms with E-state index in [0.29, 0.717) is 4.90 Å². The van der Waals surface area contributed by atoms with Gasteiger partial charge in [0.15, 0.2) is 9.84 Å². The lowest BCUT2D eigenvalue weighted by Gasteiger charge is -2.22. The third-order valence-electron chi connectivity index (χ3n) is 4.05. The van der Waals surface area contributed by atoms with E-state index in [-0.39, 0.29) is 6.54 Å². The minimum absolute atomic E-state index is 0.0574. The molecule has 0 heterocycles. The van der Waals surface area contributed by atoms with Crippen LogP contribution in [0.2, 0.25) is 0 Å². The Balaban J connectivity index is 2.35. The quantitative estimate of drug-likeness (QED) is 0.846. The average molecular weight is 332 g/mol. The first-order valence-electron chi connectivity index (χ1n) is 7.88. The smallest absolute Gasteiger partial charge is 0.186 e. The molecule has 2 rings (SSSR count). The summed E-state index contributed by atoms with van der Waals surface area (Å²) >= 11 is 0. The van der Waals surface area contributed by atoms with Crippen molar-refractivity contribution in [1.82, 2.24) is 0 Å². The molecule has 0 aliphatic heterocycles. The summed E-state index contributed by atoms with van der Waals surface area (Å²) in [5.41, 5.74) is 7.61. The highest BCUT2D eigenvalue weighted by molar-refractivity contribution is 7.91. The van der Waals surface area contributed by atoms with Crippen LogP contribution in [0, 0.1) is 0 Å². The highest BCUT2D eigenvalue weighted by Gasteiger charge is 2.27. The standard InChI is InChI=1S/C18H24N2O2S/c1-3-20(4-2)16-12-10-15(11-13-16)18(14-19)23(21,22)17-8-6-5-7-9-17/h5-13,18H,3-4,14,19H2,1-2H3/t18-/m0/s1. The minimum Gasteiger partial charge on any atom is -0.372 e. The number of nitrogens with two attached hydrogens (primary N) is 1. The number of hydrogen-bond donors (Lipinski definition) is 1. The van der Waals surface area contributed by atoms with E-state index in [0.717, 1.165) is 24.3 Å². The van der Waals surface area contributed by atoms with Crippen molar-refractivity contribution in [1.29, 1.82) is 0 Å². The van der Waals surface area contributed by atoms with Gasteiger partial charge in [-0.25, -0.2) is 8.42 Å². The molecule has 1 atom stereocenters. The van der Waals surface area contributed by atoms with Crippen molar-refractivity contribution in [3.05, 3.63) is 60.2 Å². The summed E-state index contributed by atoms with van der Waals surface area (Å²) in [5, 5.41) is -0.726. The third kappa shape index (κ3) is 3.74. The average Bonchev–Trinajstić information content (AvgIpc) is 2.58. The maximum absolute atomic E-state index is 12.8. The molecule has 2 N–H and O–H groups in total. The first-order valence-corrected chi connectivity index (χ1v) is 9.43. The first kappa shape index (κ1) is 17.5. The molecule has 0 spiro atoms. The zero-order chi connectivity index (χ0) is 16.9. The molecule has 124 valence electrons. The van der Waals surface area contributed by atoms with Crippen molar-refractivity contribution >= 4 is 15.5 Å². The lowest BCUT2D eigenvalue weighted by molar-refractivity contribution is 0.582. The van der Waals surface area contributed by atoms with Gasteiger partial charge in [0.25, 0.3) is 0 Å². The molecular formula is C18H24N2O2S. The third-order valence-corrected chi connectivity index (χ3v) is 6.20. The number of rotatable bonds is 7. The van der Waals surface area contributed by atoms with Gasteiger partial charge < -0.3 is 10.6 Å². The second-order valence-electron chi connectivity index (χ2n) is 5.35. The van der Waals surface area contributed by atoms with Crippen LogP contribution in [-0.4, -0.2) is 28.1 Å². The Morgan fingerprint density at radius 2 is 1.52 bits per heavy atom. The van der Waals surface area contributed by atoms with E-state index in [1.165, 1.54) is 0 Å². The van der Waals surface area contributed by atoms with Crippen molar-refractivity contribution in [2.75, 3.05) is 24.5 Å². The largest absolute Gasteiger partial charge is 0.372 e. The van der Waals surface area contributed by atoms with Gasteiger partial charge in [0, 0.05) is 25.3 Å². The predicted octanol–water partition coefficient (Wildman–Crippen LogP) is 3.01. The van der Waals surface area contributed by atoms with Crippen molar-refractivity contribution in [2.45, 2.75) is 24.0 Å². The highest BCUT2D eigenvalue weighted by Crippen LogP contribution is 2.29. The molecule has 23 heavy (non-hydrogen) atoms. The molecule has 0 saturated carbocycles. The molecule has 0 aromatic heterocycles. The normalized spacial score (nSPS) is 12.8. The molecule has 0 unspecified atom stereocenters. The lowest BCUT2D eigenvalue weighted by Crippen LogP contribution is -2.23. The van der Waals surface area contributed by atoms with E-state index in [4.69, 9.17) is 5.73 Å². The van der Waals surface area contributed by atoms with Gasteiger partial charge in [-0.05, 0) is 43.7 Å². The molecule has 0 radical (unpaired) electrons. The van der Waals surface area contributed by atoms with Crippen LogP contribution in [0.5, 0.6) is 0 Å². The minimum atomic E-state index is -3.49. The van der Waals surface area contributed by atoms with Crippen molar-refractivity contribution in [3.8, 4) is 0 Å². The zero-order valence-corrected chi connectivity index (χ0v) is 14.5. The second kappa shape index (κ2) is 7.62. The van der Waals surface area contributed by atoms with Crippen molar-refractivity contribution < 1.29 is 8.42 Å². The van der Waals surface area contributed by atoms with Gasteiger partial charge in [-0.2, -0.15) is 0 Å². The molecule has 2 aromatic carbocycles. The fourth-order valence-electron chi connectivity index (χ4n) is 2.70. The summed E-state index contributed by atoms with van der Waals surface area (Å²) in [5.74, 6) is 0. The van der Waals surface area contributed by atoms with Crippen LogP contribution in [0.15, 0.2) is 59.5 Å². The van der Waals surface area contributed by atoms with Gasteiger partial charge in [-0.1, -0.05) is 30.3 Å². The summed E-state index contributed by atoms with van der Waals surface area (Å²) in [7, 11) is -3.49. The molecule has 0 saturated heterocycles. The number of sulfone groups is 1. The zero-order valence-electron chi connectivity index (χ0n) is 13.6. The van der Waals surface area contributed by atoms with E-state index >= 15 is 0 Å². The molecule has 2 aromatic rings. The fraction of sp³-hybridized carbons (Fsp3) is 0.333. The molecule has 0 aliphatic carbocycles. The van der Waals surface area contributed by atoms with Crippen LogP contribution in [0.1, 0.15) is 24.7 Å². The predicted molar refractivity (Wildman–Crippen MR) is 95.4 cm³/mol. The Hall–Kier alpha value is -1.85. The van der Waals surface area contributed by atoms with E-state index < -0.39 is 15.1 Å². The fourth-order valence-corrected chi connectivity index (χ4v) is 4.34. The van der Waals surface area contributed by atoms with Crippen LogP contribution in [-0.2, 0) is 9.84 Å². The molecular weight excluding hydrogens is 308 g/mol. The van der Waals surface area contributed by atoms with Crippen LogP contribution in [0.25, 0.3) is 0 Å². The SMILES string of the molecule is CCN(CC)c1ccc([C@H](CN)S(=O)(=O)c2ccccc2)cc1. The van der Waals surface area contributed by atoms with E-state index in [2.05, 4.69) is 18.7 Å². The Morgan fingerprint density at radius 1 is 0.957 bits per heavy atom. The maximum atomic E-state index is 12.8. The van der Waals surface area contributed by atoms with Gasteiger partial charge in [0.05, 0.1) is 4.90 Å². The molecule has 0 aliphatic rings. The number of anilines is 1. The Kier molecular flexibility index (Phi) is 5.80. The summed E-state index contributed by atoms with van der Waals surface area (Å²) in [4.78, 5) is 2.52. The van der Waals surface area contributed by atoms with Crippen molar-refractivity contribution in [2.24, 2.45) is 5.73 Å². The van der Waals surface area contributed by atoms with Gasteiger partial charge in [0.2, 0.25) is 0 Å². The van der Waals surface area contributed by atoms with Gasteiger partial charge in [-0.15, -0.1) is 0 Å². The summed E-state index contributed by atoms with van der Waals surface area (Å²) in [6, 6.07) is 16.1. The van der Waals surface area contributed by atoms with Crippen LogP contribution in [0.3, 0.4) is 0 Å². The number of nitrogens with zero attached hydrogens (tertiary/aromatic N) is 1. The van der Waals surface area contributed by atoms with Crippen molar-refractivity contribution in [3.63, 3.8) is 0 Å². The Labute approximate surface area is 138 Å². The molecule has 5 heteroatoms. The number of hydrogen-bond acceptors (Lipinski definition) is 4. The molecule has 0 amide bonds. The monoisotopic (exact) mass is 332 g/mol. The van der Waals surface area contributed by atoms with E-state index in [1.54, 1.807) is 30.3 Å². The second-order valence-corrected chi connectivity index (χ2v) is 7.48. The number of benzene rings is 2. The Bertz CT molecular complexity index is 708. The van der Waals surface area contributed by atoms with Crippen LogP contribution in [0.4, 0.5) is 5.69 Å². The van der Waals surface area contributed by atoms with Gasteiger partial charge in [0.1, 0.15) is 5.25 Å². The van der Waals surface area contributed by atoms with Gasteiger partial charge >= 0.3 is 0 Å². The van der Waals surface area contributed by atoms with Gasteiger partial charge in [-0.3, -0.25) is 0 Å². The van der Waals surface area contributed by atoms with E-state index in [9.17, 15) is 8.42 Å².